The Balaban J connectivity index is 1.26. The van der Waals surface area contributed by atoms with Crippen molar-refractivity contribution in [3.05, 3.63) is 0 Å². The van der Waals surface area contributed by atoms with E-state index in [0.717, 1.165) is 44.2 Å². The number of ether oxygens (including phenoxy) is 2. The first-order valence-electron chi connectivity index (χ1n) is 13.0. The largest absolute Gasteiger partial charge is 0.393 e. The Labute approximate surface area is 182 Å². The molecule has 4 heteroatoms. The standard InChI is InChI=1S/C26H43NO3/c1-15-7-10-26(29-13-15)16(2)22-21(30-26)12-20-19-6-5-17-11-18(28)8-9-24(17,3)23(19)27-14-25(20,22)4/h15-23,27-28H,5-14H2,1-4H3. The Hall–Kier alpha value is -0.160. The minimum atomic E-state index is -0.310. The van der Waals surface area contributed by atoms with Gasteiger partial charge in [0.2, 0.25) is 0 Å². The van der Waals surface area contributed by atoms with E-state index in [1.807, 2.05) is 0 Å². The summed E-state index contributed by atoms with van der Waals surface area (Å²) in [5.74, 6) is 3.68. The number of rotatable bonds is 0. The van der Waals surface area contributed by atoms with E-state index < -0.39 is 0 Å². The van der Waals surface area contributed by atoms with Gasteiger partial charge in [-0.1, -0.05) is 27.7 Å². The van der Waals surface area contributed by atoms with Gasteiger partial charge in [0, 0.05) is 24.9 Å². The number of nitrogens with one attached hydrogen (secondary N) is 1. The van der Waals surface area contributed by atoms with Crippen LogP contribution in [0.1, 0.15) is 79.1 Å². The summed E-state index contributed by atoms with van der Waals surface area (Å²) in [6.45, 7) is 11.8. The van der Waals surface area contributed by atoms with Crippen molar-refractivity contribution in [2.75, 3.05) is 13.2 Å². The summed E-state index contributed by atoms with van der Waals surface area (Å²) >= 11 is 0. The van der Waals surface area contributed by atoms with Gasteiger partial charge in [-0.3, -0.25) is 0 Å². The van der Waals surface area contributed by atoms with Crippen LogP contribution < -0.4 is 5.32 Å². The van der Waals surface area contributed by atoms with Crippen LogP contribution in [0.4, 0.5) is 0 Å². The minimum absolute atomic E-state index is 0.0667. The Bertz CT molecular complexity index is 690. The van der Waals surface area contributed by atoms with Crippen LogP contribution in [0.15, 0.2) is 0 Å². The van der Waals surface area contributed by atoms with Crippen LogP contribution in [0, 0.1) is 46.3 Å². The molecule has 3 saturated carbocycles. The van der Waals surface area contributed by atoms with Gasteiger partial charge in [-0.2, -0.15) is 0 Å². The van der Waals surface area contributed by atoms with Gasteiger partial charge in [-0.05, 0) is 85.4 Å². The van der Waals surface area contributed by atoms with Crippen LogP contribution in [-0.4, -0.2) is 42.3 Å². The molecule has 6 rings (SSSR count). The minimum Gasteiger partial charge on any atom is -0.393 e. The average molecular weight is 418 g/mol. The second-order valence-corrected chi connectivity index (χ2v) is 12.8. The predicted octanol–water partition coefficient (Wildman–Crippen LogP) is 4.36. The maximum atomic E-state index is 10.3. The van der Waals surface area contributed by atoms with E-state index in [9.17, 15) is 5.11 Å². The van der Waals surface area contributed by atoms with Crippen LogP contribution in [0.25, 0.3) is 0 Å². The molecule has 6 aliphatic rings. The normalized spacial score (nSPS) is 62.5. The summed E-state index contributed by atoms with van der Waals surface area (Å²) in [7, 11) is 0. The van der Waals surface area contributed by atoms with Crippen molar-refractivity contribution in [1.82, 2.24) is 5.32 Å². The maximum Gasteiger partial charge on any atom is 0.171 e. The molecule has 3 aliphatic carbocycles. The Morgan fingerprint density at radius 3 is 2.57 bits per heavy atom. The highest BCUT2D eigenvalue weighted by Gasteiger charge is 2.69. The molecule has 6 fully saturated rings. The molecule has 0 radical (unpaired) electrons. The van der Waals surface area contributed by atoms with E-state index >= 15 is 0 Å². The summed E-state index contributed by atoms with van der Waals surface area (Å²) in [5, 5.41) is 14.4. The fraction of sp³-hybridized carbons (Fsp3) is 1.00. The summed E-state index contributed by atoms with van der Waals surface area (Å²) in [6, 6.07) is 0.622. The maximum absolute atomic E-state index is 10.3. The first-order chi connectivity index (χ1) is 14.3. The van der Waals surface area contributed by atoms with Crippen molar-refractivity contribution in [2.45, 2.75) is 103 Å². The molecule has 4 nitrogen and oxygen atoms in total. The molecule has 0 bridgehead atoms. The highest BCUT2D eigenvalue weighted by Crippen LogP contribution is 2.67. The number of aliphatic hydroxyl groups excluding tert-OH is 1. The zero-order chi connectivity index (χ0) is 20.9. The van der Waals surface area contributed by atoms with Gasteiger partial charge in [0.25, 0.3) is 0 Å². The van der Waals surface area contributed by atoms with Gasteiger partial charge in [-0.25, -0.2) is 0 Å². The van der Waals surface area contributed by atoms with E-state index in [2.05, 4.69) is 33.0 Å². The van der Waals surface area contributed by atoms with Crippen LogP contribution >= 0.6 is 0 Å². The molecule has 1 spiro atoms. The van der Waals surface area contributed by atoms with E-state index in [-0.39, 0.29) is 11.9 Å². The second-order valence-electron chi connectivity index (χ2n) is 12.8. The highest BCUT2D eigenvalue weighted by atomic mass is 16.7. The smallest absolute Gasteiger partial charge is 0.171 e. The van der Waals surface area contributed by atoms with Crippen LogP contribution in [0.3, 0.4) is 0 Å². The molecule has 12 atom stereocenters. The molecule has 3 heterocycles. The van der Waals surface area contributed by atoms with Crippen molar-refractivity contribution in [3.63, 3.8) is 0 Å². The van der Waals surface area contributed by atoms with Crippen molar-refractivity contribution < 1.29 is 14.6 Å². The third-order valence-electron chi connectivity index (χ3n) is 11.4. The molecule has 0 aromatic heterocycles. The van der Waals surface area contributed by atoms with Crippen molar-refractivity contribution in [1.29, 1.82) is 0 Å². The quantitative estimate of drug-likeness (QED) is 0.615. The molecule has 0 amide bonds. The number of fused-ring (bicyclic) bond motifs is 7. The SMILES string of the molecule is CC1CCC2(OC1)OC1CC3C4CCC5CC(O)CCC5(C)C4NCC3(C)C1C2C. The Morgan fingerprint density at radius 2 is 1.80 bits per heavy atom. The molecule has 3 saturated heterocycles. The molecule has 12 unspecified atom stereocenters. The van der Waals surface area contributed by atoms with Crippen molar-refractivity contribution >= 4 is 0 Å². The lowest BCUT2D eigenvalue weighted by Gasteiger charge is -2.61. The fourth-order valence-corrected chi connectivity index (χ4v) is 9.69. The summed E-state index contributed by atoms with van der Waals surface area (Å²) in [5.41, 5.74) is 0.677. The second kappa shape index (κ2) is 6.68. The number of piperidine rings is 1. The van der Waals surface area contributed by atoms with Gasteiger partial charge in [0.05, 0.1) is 18.8 Å². The summed E-state index contributed by atoms with van der Waals surface area (Å²) in [6.07, 6.45) is 9.69. The van der Waals surface area contributed by atoms with E-state index in [0.29, 0.717) is 46.6 Å². The monoisotopic (exact) mass is 417 g/mol. The van der Waals surface area contributed by atoms with Crippen molar-refractivity contribution in [3.8, 4) is 0 Å². The molecule has 0 aromatic rings. The molecular formula is C26H43NO3. The zero-order valence-electron chi connectivity index (χ0n) is 19.5. The molecule has 170 valence electrons. The molecule has 0 aromatic carbocycles. The first kappa shape index (κ1) is 20.4. The topological polar surface area (TPSA) is 50.7 Å². The number of hydrogen-bond acceptors (Lipinski definition) is 4. The third kappa shape index (κ3) is 2.60. The summed E-state index contributed by atoms with van der Waals surface area (Å²) in [4.78, 5) is 0. The number of aliphatic hydroxyl groups is 1. The van der Waals surface area contributed by atoms with Crippen LogP contribution in [0.2, 0.25) is 0 Å². The van der Waals surface area contributed by atoms with E-state index in [1.54, 1.807) is 0 Å². The molecule has 30 heavy (non-hydrogen) atoms. The average Bonchev–Trinajstić information content (AvgIpc) is 3.16. The first-order valence-corrected chi connectivity index (χ1v) is 13.0. The summed E-state index contributed by atoms with van der Waals surface area (Å²) < 4.78 is 13.3. The lowest BCUT2D eigenvalue weighted by Crippen LogP contribution is -2.65. The molecular weight excluding hydrogens is 374 g/mol. The fourth-order valence-electron chi connectivity index (χ4n) is 9.69. The van der Waals surface area contributed by atoms with Gasteiger partial charge >= 0.3 is 0 Å². The van der Waals surface area contributed by atoms with Gasteiger partial charge < -0.3 is 19.9 Å². The molecule has 2 N–H and O–H groups in total. The van der Waals surface area contributed by atoms with Gasteiger partial charge in [-0.15, -0.1) is 0 Å². The van der Waals surface area contributed by atoms with Gasteiger partial charge in [0.15, 0.2) is 5.79 Å². The highest BCUT2D eigenvalue weighted by molar-refractivity contribution is 5.17. The van der Waals surface area contributed by atoms with Crippen molar-refractivity contribution in [2.24, 2.45) is 46.3 Å². The third-order valence-corrected chi connectivity index (χ3v) is 11.4. The van der Waals surface area contributed by atoms with E-state index in [4.69, 9.17) is 9.47 Å². The lowest BCUT2D eigenvalue weighted by molar-refractivity contribution is -0.272. The van der Waals surface area contributed by atoms with Gasteiger partial charge in [0.1, 0.15) is 0 Å². The van der Waals surface area contributed by atoms with Crippen LogP contribution in [0.5, 0.6) is 0 Å². The lowest BCUT2D eigenvalue weighted by atomic mass is 9.49. The number of hydrogen-bond donors (Lipinski definition) is 2. The van der Waals surface area contributed by atoms with E-state index in [1.165, 1.54) is 32.1 Å². The Morgan fingerprint density at radius 1 is 0.967 bits per heavy atom. The zero-order valence-corrected chi connectivity index (χ0v) is 19.5. The Kier molecular flexibility index (Phi) is 4.55. The predicted molar refractivity (Wildman–Crippen MR) is 117 cm³/mol. The molecule has 3 aliphatic heterocycles. The van der Waals surface area contributed by atoms with Crippen LogP contribution in [-0.2, 0) is 9.47 Å².